The molecule has 1 unspecified atom stereocenters. The number of rotatable bonds is 8. The maximum absolute atomic E-state index is 11.5. The number of ether oxygens (including phenoxy) is 1. The molecule has 3 rings (SSSR count). The summed E-state index contributed by atoms with van der Waals surface area (Å²) in [4.78, 5) is 11.5. The molecule has 2 aromatic heterocycles. The number of nitrogens with one attached hydrogen (secondary N) is 2. The van der Waals surface area contributed by atoms with Crippen molar-refractivity contribution in [1.29, 1.82) is 0 Å². The molecule has 0 radical (unpaired) electrons. The molecule has 1 atom stereocenters. The van der Waals surface area contributed by atoms with Gasteiger partial charge in [-0.05, 0) is 19.1 Å². The number of aliphatic hydroxyl groups is 1. The van der Waals surface area contributed by atoms with Gasteiger partial charge in [-0.3, -0.25) is 18.5 Å². The average Bonchev–Trinajstić information content (AvgIpc) is 2.52. The molecule has 0 bridgehead atoms. The van der Waals surface area contributed by atoms with Crippen LogP contribution in [0.1, 0.15) is 23.6 Å². The Morgan fingerprint density at radius 3 is 2.88 bits per heavy atom. The highest BCUT2D eigenvalue weighted by atomic mass is 35.5. The molecule has 5 N–H and O–H groups in total. The molecule has 0 saturated carbocycles. The first-order valence-electron chi connectivity index (χ1n) is 7.99. The van der Waals surface area contributed by atoms with E-state index >= 15 is 0 Å². The molecule has 0 saturated heterocycles. The van der Waals surface area contributed by atoms with Crippen LogP contribution in [0.5, 0.6) is 5.75 Å². The Labute approximate surface area is 159 Å². The van der Waals surface area contributed by atoms with Crippen LogP contribution in [0.3, 0.4) is 0 Å². The lowest BCUT2D eigenvalue weighted by molar-refractivity contribution is 0.0842. The number of carbonyl (C=O) groups excluding carboxylic acids is 1. The van der Waals surface area contributed by atoms with E-state index in [-0.39, 0.29) is 6.54 Å². The highest BCUT2D eigenvalue weighted by Crippen LogP contribution is 2.35. The van der Waals surface area contributed by atoms with Gasteiger partial charge in [0.1, 0.15) is 11.6 Å². The highest BCUT2D eigenvalue weighted by Gasteiger charge is 2.23. The van der Waals surface area contributed by atoms with Crippen LogP contribution in [0, 0.1) is 0 Å². The molecule has 0 spiro atoms. The third-order valence-corrected chi connectivity index (χ3v) is 5.20. The van der Waals surface area contributed by atoms with Gasteiger partial charge in [-0.2, -0.15) is 0 Å². The number of primary amides is 1. The van der Waals surface area contributed by atoms with Crippen molar-refractivity contribution in [3.63, 3.8) is 0 Å². The number of amides is 1. The maximum Gasteiger partial charge on any atom is 0.270 e. The van der Waals surface area contributed by atoms with Crippen LogP contribution < -0.4 is 15.8 Å². The molecule has 10 heteroatoms. The molecular formula is C16H20ClN5O3S. The zero-order chi connectivity index (χ0) is 18.8. The first kappa shape index (κ1) is 18.4. The number of aromatic amines is 1. The number of halogens is 1. The Kier molecular flexibility index (Phi) is 5.30. The average molecular weight is 398 g/mol. The monoisotopic (exact) mass is 397 g/mol. The molecule has 0 fully saturated rings. The van der Waals surface area contributed by atoms with E-state index in [1.165, 1.54) is 16.2 Å². The van der Waals surface area contributed by atoms with Crippen molar-refractivity contribution in [3.05, 3.63) is 34.3 Å². The summed E-state index contributed by atoms with van der Waals surface area (Å²) in [5, 5.41) is 18.8. The molecule has 26 heavy (non-hydrogen) atoms. The van der Waals surface area contributed by atoms with E-state index < -0.39 is 12.1 Å². The standard InChI is InChI=1S/C16H20ClN5O3S/c1-3-25-12-6-9(4-5-10(12)17)11-8-26-22(11)13(23)7-21-14(15(18)24)16(19-2)20-21/h4-6,8,13,19-20,23H,3,7H2,1-2H3,(H2,18,24). The normalized spacial score (nSPS) is 12.3. The zero-order valence-corrected chi connectivity index (χ0v) is 15.9. The second-order valence-corrected chi connectivity index (χ2v) is 6.80. The van der Waals surface area contributed by atoms with Crippen molar-refractivity contribution >= 4 is 34.9 Å². The summed E-state index contributed by atoms with van der Waals surface area (Å²) in [5.74, 6) is 0.572. The summed E-state index contributed by atoms with van der Waals surface area (Å²) in [7, 11) is 1.68. The Morgan fingerprint density at radius 1 is 1.54 bits per heavy atom. The zero-order valence-electron chi connectivity index (χ0n) is 14.3. The van der Waals surface area contributed by atoms with Crippen LogP contribution in [0.15, 0.2) is 23.6 Å². The minimum Gasteiger partial charge on any atom is -0.492 e. The van der Waals surface area contributed by atoms with E-state index in [0.717, 1.165) is 11.3 Å². The molecule has 0 aliphatic rings. The van der Waals surface area contributed by atoms with Gasteiger partial charge < -0.3 is 20.9 Å². The van der Waals surface area contributed by atoms with Crippen molar-refractivity contribution in [2.45, 2.75) is 19.7 Å². The Balaban J connectivity index is 1.80. The van der Waals surface area contributed by atoms with Gasteiger partial charge >= 0.3 is 0 Å². The van der Waals surface area contributed by atoms with Crippen LogP contribution in [0.4, 0.5) is 5.82 Å². The van der Waals surface area contributed by atoms with Crippen LogP contribution >= 0.6 is 23.1 Å². The number of nitrogens with zero attached hydrogens (tertiary/aromatic N) is 2. The van der Waals surface area contributed by atoms with Crippen molar-refractivity contribution in [1.82, 2.24) is 13.7 Å². The summed E-state index contributed by atoms with van der Waals surface area (Å²) in [5.41, 5.74) is 7.42. The Hall–Kier alpha value is -2.36. The number of aromatic nitrogens is 3. The van der Waals surface area contributed by atoms with Gasteiger partial charge in [0.05, 0.1) is 23.9 Å². The number of anilines is 1. The summed E-state index contributed by atoms with van der Waals surface area (Å²) in [6.07, 6.45) is -0.855. The second-order valence-electron chi connectivity index (χ2n) is 5.55. The topological polar surface area (TPSA) is 110 Å². The molecule has 8 nitrogen and oxygen atoms in total. The van der Waals surface area contributed by atoms with Gasteiger partial charge in [0, 0.05) is 18.0 Å². The van der Waals surface area contributed by atoms with Crippen molar-refractivity contribution < 1.29 is 14.6 Å². The largest absolute Gasteiger partial charge is 0.492 e. The minimum atomic E-state index is -0.855. The number of H-pyrrole nitrogens is 1. The molecule has 3 aromatic rings. The third-order valence-electron chi connectivity index (χ3n) is 3.90. The van der Waals surface area contributed by atoms with Crippen LogP contribution in [0.25, 0.3) is 11.3 Å². The summed E-state index contributed by atoms with van der Waals surface area (Å²) in [6.45, 7) is 2.57. The number of hydrogen-bond donors (Lipinski definition) is 4. The Morgan fingerprint density at radius 2 is 2.31 bits per heavy atom. The molecule has 2 heterocycles. The van der Waals surface area contributed by atoms with Gasteiger partial charge in [-0.15, -0.1) is 0 Å². The van der Waals surface area contributed by atoms with Gasteiger partial charge in [0.25, 0.3) is 5.91 Å². The third kappa shape index (κ3) is 3.33. The second kappa shape index (κ2) is 7.48. The summed E-state index contributed by atoms with van der Waals surface area (Å²) >= 11 is 7.50. The predicted octanol–water partition coefficient (Wildman–Crippen LogP) is 2.73. The van der Waals surface area contributed by atoms with E-state index in [9.17, 15) is 9.90 Å². The number of hydrogen-bond acceptors (Lipinski definition) is 5. The predicted molar refractivity (Wildman–Crippen MR) is 102 cm³/mol. The molecule has 0 aliphatic carbocycles. The Bertz CT molecular complexity index is 910. The van der Waals surface area contributed by atoms with Crippen LogP contribution in [-0.4, -0.2) is 38.4 Å². The quantitative estimate of drug-likeness (QED) is 0.468. The fraction of sp³-hybridized carbons (Fsp3) is 0.312. The molecule has 1 aromatic carbocycles. The van der Waals surface area contributed by atoms with E-state index in [4.69, 9.17) is 22.1 Å². The number of carbonyl (C=O) groups is 1. The van der Waals surface area contributed by atoms with Gasteiger partial charge in [0.15, 0.2) is 11.9 Å². The highest BCUT2D eigenvalue weighted by molar-refractivity contribution is 7.06. The van der Waals surface area contributed by atoms with E-state index in [2.05, 4.69) is 10.4 Å². The van der Waals surface area contributed by atoms with Crippen LogP contribution in [0.2, 0.25) is 5.02 Å². The van der Waals surface area contributed by atoms with E-state index in [1.54, 1.807) is 17.1 Å². The SMILES string of the molecule is CCOc1cc(-c2csn2C(O)Cn2[nH]c(NC)c2C(N)=O)ccc1Cl. The lowest BCUT2D eigenvalue weighted by Crippen LogP contribution is -2.31. The summed E-state index contributed by atoms with van der Waals surface area (Å²) in [6, 6.07) is 5.47. The fourth-order valence-electron chi connectivity index (χ4n) is 2.65. The fourth-order valence-corrected chi connectivity index (χ4v) is 3.61. The van der Waals surface area contributed by atoms with E-state index in [1.807, 2.05) is 24.4 Å². The van der Waals surface area contributed by atoms with Crippen molar-refractivity contribution in [2.24, 2.45) is 5.73 Å². The number of nitrogens with two attached hydrogens (primary N) is 1. The maximum atomic E-state index is 11.5. The first-order chi connectivity index (χ1) is 12.5. The van der Waals surface area contributed by atoms with Crippen LogP contribution in [-0.2, 0) is 6.54 Å². The summed E-state index contributed by atoms with van der Waals surface area (Å²) < 4.78 is 8.78. The van der Waals surface area contributed by atoms with Crippen molar-refractivity contribution in [2.75, 3.05) is 19.0 Å². The van der Waals surface area contributed by atoms with Gasteiger partial charge in [0.2, 0.25) is 0 Å². The van der Waals surface area contributed by atoms with Crippen molar-refractivity contribution in [3.8, 4) is 17.0 Å². The molecule has 0 aliphatic heterocycles. The number of aliphatic hydroxyl groups excluding tert-OH is 1. The lowest BCUT2D eigenvalue weighted by atomic mass is 10.1. The lowest BCUT2D eigenvalue weighted by Gasteiger charge is -2.26. The van der Waals surface area contributed by atoms with E-state index in [0.29, 0.717) is 28.9 Å². The smallest absolute Gasteiger partial charge is 0.270 e. The molecule has 1 amide bonds. The first-order valence-corrected chi connectivity index (χ1v) is 9.20. The number of benzene rings is 1. The molecule has 140 valence electrons. The van der Waals surface area contributed by atoms with Gasteiger partial charge in [-0.25, -0.2) is 0 Å². The molecular weight excluding hydrogens is 378 g/mol. The van der Waals surface area contributed by atoms with Gasteiger partial charge in [-0.1, -0.05) is 29.2 Å². The minimum absolute atomic E-state index is 0.166.